The smallest absolute Gasteiger partial charge is 0.160 e. The molecule has 1 saturated heterocycles. The van der Waals surface area contributed by atoms with Crippen LogP contribution in [-0.4, -0.2) is 25.8 Å². The van der Waals surface area contributed by atoms with E-state index >= 15 is 0 Å². The van der Waals surface area contributed by atoms with Gasteiger partial charge in [0.15, 0.2) is 6.29 Å². The number of hydrogen-bond donors (Lipinski definition) is 0. The van der Waals surface area contributed by atoms with Crippen LogP contribution in [0.2, 0.25) is 0 Å². The van der Waals surface area contributed by atoms with Crippen LogP contribution >= 0.6 is 0 Å². The van der Waals surface area contributed by atoms with Crippen LogP contribution < -0.4 is 0 Å². The van der Waals surface area contributed by atoms with Gasteiger partial charge in [-0.3, -0.25) is 0 Å². The molecule has 58 valence electrons. The van der Waals surface area contributed by atoms with Crippen LogP contribution in [0.15, 0.2) is 0 Å². The Bertz CT molecular complexity index is 124. The lowest BCUT2D eigenvalue weighted by Gasteiger charge is -2.10. The van der Waals surface area contributed by atoms with Gasteiger partial charge in [0, 0.05) is 13.0 Å². The van der Waals surface area contributed by atoms with Crippen molar-refractivity contribution < 1.29 is 14.3 Å². The molecule has 3 heteroatoms. The third-order valence-corrected chi connectivity index (χ3v) is 1.76. The van der Waals surface area contributed by atoms with Crippen molar-refractivity contribution in [2.75, 3.05) is 7.11 Å². The Balaban J connectivity index is 2.43. The van der Waals surface area contributed by atoms with Crippen molar-refractivity contribution in [1.29, 1.82) is 0 Å². The van der Waals surface area contributed by atoms with Crippen LogP contribution in [0, 0.1) is 5.92 Å². The second-order valence-corrected chi connectivity index (χ2v) is 2.63. The van der Waals surface area contributed by atoms with Crippen molar-refractivity contribution in [1.82, 2.24) is 0 Å². The van der Waals surface area contributed by atoms with Gasteiger partial charge in [0.1, 0.15) is 12.4 Å². The predicted octanol–water partition coefficient (Wildman–Crippen LogP) is 0.583. The standard InChI is InChI=1S/C7H12O3/c1-5-3-6(4-8)10-7(5)9-2/h4-7H,3H2,1-2H3. The van der Waals surface area contributed by atoms with Gasteiger partial charge in [-0.15, -0.1) is 0 Å². The number of rotatable bonds is 2. The molecule has 0 aromatic carbocycles. The van der Waals surface area contributed by atoms with E-state index in [1.807, 2.05) is 6.92 Å². The quantitative estimate of drug-likeness (QED) is 0.532. The molecule has 0 saturated carbocycles. The molecule has 0 N–H and O–H groups in total. The summed E-state index contributed by atoms with van der Waals surface area (Å²) in [6.07, 6.45) is 1.17. The first-order chi connectivity index (χ1) is 4.77. The molecule has 0 aromatic heterocycles. The monoisotopic (exact) mass is 144 g/mol. The second kappa shape index (κ2) is 3.12. The van der Waals surface area contributed by atoms with Crippen LogP contribution in [0.25, 0.3) is 0 Å². The highest BCUT2D eigenvalue weighted by Crippen LogP contribution is 2.24. The minimum atomic E-state index is -0.250. The first kappa shape index (κ1) is 7.69. The van der Waals surface area contributed by atoms with Gasteiger partial charge in [-0.05, 0) is 6.42 Å². The molecule has 1 heterocycles. The summed E-state index contributed by atoms with van der Waals surface area (Å²) in [5, 5.41) is 0. The van der Waals surface area contributed by atoms with E-state index in [2.05, 4.69) is 0 Å². The van der Waals surface area contributed by atoms with Crippen molar-refractivity contribution in [3.63, 3.8) is 0 Å². The minimum absolute atomic E-state index is 0.185. The van der Waals surface area contributed by atoms with Crippen LogP contribution in [0.3, 0.4) is 0 Å². The van der Waals surface area contributed by atoms with Crippen LogP contribution in [0.5, 0.6) is 0 Å². The van der Waals surface area contributed by atoms with Crippen LogP contribution in [0.4, 0.5) is 0 Å². The Morgan fingerprint density at radius 2 is 2.40 bits per heavy atom. The first-order valence-electron chi connectivity index (χ1n) is 3.41. The molecule has 0 aliphatic carbocycles. The summed E-state index contributed by atoms with van der Waals surface area (Å²) in [6.45, 7) is 2.01. The summed E-state index contributed by atoms with van der Waals surface area (Å²) in [5.74, 6) is 0.334. The van der Waals surface area contributed by atoms with E-state index in [1.165, 1.54) is 0 Å². The van der Waals surface area contributed by atoms with Gasteiger partial charge >= 0.3 is 0 Å². The third kappa shape index (κ3) is 1.36. The number of ether oxygens (including phenoxy) is 2. The Hall–Kier alpha value is -0.410. The molecular weight excluding hydrogens is 132 g/mol. The van der Waals surface area contributed by atoms with E-state index < -0.39 is 0 Å². The average molecular weight is 144 g/mol. The van der Waals surface area contributed by atoms with Crippen molar-refractivity contribution in [2.45, 2.75) is 25.7 Å². The number of methoxy groups -OCH3 is 1. The highest BCUT2D eigenvalue weighted by molar-refractivity contribution is 5.56. The lowest BCUT2D eigenvalue weighted by atomic mass is 10.1. The zero-order chi connectivity index (χ0) is 7.56. The summed E-state index contributed by atoms with van der Waals surface area (Å²) in [6, 6.07) is 0. The van der Waals surface area contributed by atoms with Gasteiger partial charge in [-0.25, -0.2) is 0 Å². The zero-order valence-electron chi connectivity index (χ0n) is 6.24. The van der Waals surface area contributed by atoms with Crippen molar-refractivity contribution in [3.8, 4) is 0 Å². The van der Waals surface area contributed by atoms with Gasteiger partial charge in [0.25, 0.3) is 0 Å². The van der Waals surface area contributed by atoms with E-state index in [9.17, 15) is 4.79 Å². The largest absolute Gasteiger partial charge is 0.356 e. The molecule has 3 unspecified atom stereocenters. The van der Waals surface area contributed by atoms with Gasteiger partial charge in [0.05, 0.1) is 0 Å². The molecule has 0 spiro atoms. The third-order valence-electron chi connectivity index (χ3n) is 1.76. The highest BCUT2D eigenvalue weighted by atomic mass is 16.7. The summed E-state index contributed by atoms with van der Waals surface area (Å²) >= 11 is 0. The molecular formula is C7H12O3. The molecule has 1 aliphatic rings. The summed E-state index contributed by atoms with van der Waals surface area (Å²) in [5.41, 5.74) is 0. The van der Waals surface area contributed by atoms with Crippen molar-refractivity contribution in [2.24, 2.45) is 5.92 Å². The second-order valence-electron chi connectivity index (χ2n) is 2.63. The van der Waals surface area contributed by atoms with Gasteiger partial charge in [-0.2, -0.15) is 0 Å². The zero-order valence-corrected chi connectivity index (χ0v) is 6.24. The lowest BCUT2D eigenvalue weighted by Crippen LogP contribution is -2.16. The molecule has 0 amide bonds. The fourth-order valence-electron chi connectivity index (χ4n) is 1.21. The Labute approximate surface area is 60.3 Å². The summed E-state index contributed by atoms with van der Waals surface area (Å²) in [4.78, 5) is 10.2. The first-order valence-corrected chi connectivity index (χ1v) is 3.41. The maximum absolute atomic E-state index is 10.2. The van der Waals surface area contributed by atoms with Crippen LogP contribution in [-0.2, 0) is 14.3 Å². The van der Waals surface area contributed by atoms with Crippen LogP contribution in [0.1, 0.15) is 13.3 Å². The SMILES string of the molecule is COC1OC(C=O)CC1C. The normalized spacial score (nSPS) is 40.0. The molecule has 0 bridgehead atoms. The molecule has 0 aromatic rings. The molecule has 3 nitrogen and oxygen atoms in total. The number of carbonyl (C=O) groups is 1. The van der Waals surface area contributed by atoms with Crippen molar-refractivity contribution in [3.05, 3.63) is 0 Å². The van der Waals surface area contributed by atoms with E-state index in [4.69, 9.17) is 9.47 Å². The maximum Gasteiger partial charge on any atom is 0.160 e. The van der Waals surface area contributed by atoms with Gasteiger partial charge in [0.2, 0.25) is 0 Å². The summed E-state index contributed by atoms with van der Waals surface area (Å²) in [7, 11) is 1.59. The number of carbonyl (C=O) groups excluding carboxylic acids is 1. The van der Waals surface area contributed by atoms with E-state index in [-0.39, 0.29) is 12.4 Å². The fraction of sp³-hybridized carbons (Fsp3) is 0.857. The Morgan fingerprint density at radius 3 is 2.70 bits per heavy atom. The number of aldehydes is 1. The predicted molar refractivity (Wildman–Crippen MR) is 35.5 cm³/mol. The van der Waals surface area contributed by atoms with Gasteiger partial charge < -0.3 is 14.3 Å². The molecule has 1 rings (SSSR count). The Kier molecular flexibility index (Phi) is 2.40. The highest BCUT2D eigenvalue weighted by Gasteiger charge is 2.31. The lowest BCUT2D eigenvalue weighted by molar-refractivity contribution is -0.142. The Morgan fingerprint density at radius 1 is 1.70 bits per heavy atom. The topological polar surface area (TPSA) is 35.5 Å². The van der Waals surface area contributed by atoms with E-state index in [0.29, 0.717) is 5.92 Å². The summed E-state index contributed by atoms with van der Waals surface area (Å²) < 4.78 is 10.2. The average Bonchev–Trinajstić information content (AvgIpc) is 2.30. The molecule has 1 aliphatic heterocycles. The number of hydrogen-bond acceptors (Lipinski definition) is 3. The molecule has 3 atom stereocenters. The fourth-order valence-corrected chi connectivity index (χ4v) is 1.21. The van der Waals surface area contributed by atoms with Crippen molar-refractivity contribution >= 4 is 6.29 Å². The molecule has 0 radical (unpaired) electrons. The maximum atomic E-state index is 10.2. The van der Waals surface area contributed by atoms with Gasteiger partial charge in [-0.1, -0.05) is 6.92 Å². The minimum Gasteiger partial charge on any atom is -0.356 e. The molecule has 10 heavy (non-hydrogen) atoms. The van der Waals surface area contributed by atoms with E-state index in [0.717, 1.165) is 12.7 Å². The van der Waals surface area contributed by atoms with E-state index in [1.54, 1.807) is 7.11 Å². The molecule has 1 fully saturated rings.